The maximum atomic E-state index is 5.89. The maximum Gasteiger partial charge on any atom is 0.119 e. The van der Waals surface area contributed by atoms with Gasteiger partial charge < -0.3 is 10.1 Å². The molecule has 1 fully saturated rings. The number of rotatable bonds is 5. The zero-order chi connectivity index (χ0) is 13.8. The first-order valence-corrected chi connectivity index (χ1v) is 8.29. The molecule has 0 aromatic heterocycles. The van der Waals surface area contributed by atoms with Crippen molar-refractivity contribution >= 4 is 0 Å². The third-order valence-electron chi connectivity index (χ3n) is 4.81. The fourth-order valence-electron chi connectivity index (χ4n) is 3.69. The van der Waals surface area contributed by atoms with Crippen LogP contribution in [-0.4, -0.2) is 19.2 Å². The maximum absolute atomic E-state index is 5.89. The van der Waals surface area contributed by atoms with E-state index in [1.807, 2.05) is 0 Å². The van der Waals surface area contributed by atoms with Crippen LogP contribution in [0.2, 0.25) is 0 Å². The number of hydrogen-bond donors (Lipinski definition) is 1. The van der Waals surface area contributed by atoms with Crippen molar-refractivity contribution in [3.63, 3.8) is 0 Å². The summed E-state index contributed by atoms with van der Waals surface area (Å²) in [4.78, 5) is 0. The molecule has 2 aliphatic carbocycles. The SMILES string of the molecule is CC1CCCC(NCCOc2ccc3c(c2)CCC3)C1. The molecule has 3 rings (SSSR count). The van der Waals surface area contributed by atoms with Gasteiger partial charge in [0.2, 0.25) is 0 Å². The van der Waals surface area contributed by atoms with E-state index in [-0.39, 0.29) is 0 Å². The Morgan fingerprint density at radius 2 is 2.05 bits per heavy atom. The topological polar surface area (TPSA) is 21.3 Å². The minimum atomic E-state index is 0.711. The molecule has 2 nitrogen and oxygen atoms in total. The fraction of sp³-hybridized carbons (Fsp3) is 0.667. The molecular formula is C18H27NO. The Balaban J connectivity index is 1.39. The highest BCUT2D eigenvalue weighted by Gasteiger charge is 2.17. The first-order chi connectivity index (χ1) is 9.81. The lowest BCUT2D eigenvalue weighted by molar-refractivity contribution is 0.266. The highest BCUT2D eigenvalue weighted by atomic mass is 16.5. The Hall–Kier alpha value is -1.02. The summed E-state index contributed by atoms with van der Waals surface area (Å²) in [7, 11) is 0. The van der Waals surface area contributed by atoms with Gasteiger partial charge in [-0.1, -0.05) is 25.8 Å². The smallest absolute Gasteiger partial charge is 0.119 e. The monoisotopic (exact) mass is 273 g/mol. The van der Waals surface area contributed by atoms with Crippen molar-refractivity contribution in [3.8, 4) is 5.75 Å². The van der Waals surface area contributed by atoms with Gasteiger partial charge >= 0.3 is 0 Å². The van der Waals surface area contributed by atoms with Gasteiger partial charge in [0.1, 0.15) is 12.4 Å². The second-order valence-corrected chi connectivity index (χ2v) is 6.56. The minimum absolute atomic E-state index is 0.711. The number of ether oxygens (including phenoxy) is 1. The van der Waals surface area contributed by atoms with E-state index in [4.69, 9.17) is 4.74 Å². The zero-order valence-corrected chi connectivity index (χ0v) is 12.7. The summed E-state index contributed by atoms with van der Waals surface area (Å²) in [6, 6.07) is 7.33. The van der Waals surface area contributed by atoms with E-state index in [9.17, 15) is 0 Å². The van der Waals surface area contributed by atoms with E-state index in [1.165, 1.54) is 56.1 Å². The van der Waals surface area contributed by atoms with Gasteiger partial charge in [0.15, 0.2) is 0 Å². The summed E-state index contributed by atoms with van der Waals surface area (Å²) in [5.74, 6) is 1.93. The highest BCUT2D eigenvalue weighted by Crippen LogP contribution is 2.26. The molecule has 20 heavy (non-hydrogen) atoms. The number of benzene rings is 1. The Bertz CT molecular complexity index is 443. The predicted molar refractivity (Wildman–Crippen MR) is 83.4 cm³/mol. The Kier molecular flexibility index (Phi) is 4.62. The van der Waals surface area contributed by atoms with Gasteiger partial charge in [0, 0.05) is 12.6 Å². The summed E-state index contributed by atoms with van der Waals surface area (Å²) in [5, 5.41) is 3.65. The van der Waals surface area contributed by atoms with Crippen LogP contribution in [0.3, 0.4) is 0 Å². The number of nitrogens with one attached hydrogen (secondary N) is 1. The molecule has 0 saturated heterocycles. The first-order valence-electron chi connectivity index (χ1n) is 8.29. The highest BCUT2D eigenvalue weighted by molar-refractivity contribution is 5.38. The number of aryl methyl sites for hydroxylation is 2. The summed E-state index contributed by atoms with van der Waals surface area (Å²) >= 11 is 0. The molecule has 0 amide bonds. The standard InChI is InChI=1S/C18H27NO/c1-14-4-2-7-17(12-14)19-10-11-20-18-9-8-15-5-3-6-16(15)13-18/h8-9,13-14,17,19H,2-7,10-12H2,1H3. The summed E-state index contributed by atoms with van der Waals surface area (Å²) in [6.07, 6.45) is 9.23. The second-order valence-electron chi connectivity index (χ2n) is 6.56. The van der Waals surface area contributed by atoms with Gasteiger partial charge in [0.25, 0.3) is 0 Å². The van der Waals surface area contributed by atoms with Crippen LogP contribution in [0, 0.1) is 5.92 Å². The van der Waals surface area contributed by atoms with E-state index < -0.39 is 0 Å². The molecule has 1 aromatic carbocycles. The van der Waals surface area contributed by atoms with Crippen molar-refractivity contribution in [1.82, 2.24) is 5.32 Å². The molecule has 0 radical (unpaired) electrons. The third-order valence-corrected chi connectivity index (χ3v) is 4.81. The Morgan fingerprint density at radius 1 is 1.15 bits per heavy atom. The van der Waals surface area contributed by atoms with Crippen LogP contribution in [0.1, 0.15) is 50.2 Å². The average Bonchev–Trinajstić information content (AvgIpc) is 2.91. The molecule has 1 aromatic rings. The molecule has 0 spiro atoms. The van der Waals surface area contributed by atoms with E-state index >= 15 is 0 Å². The minimum Gasteiger partial charge on any atom is -0.492 e. The lowest BCUT2D eigenvalue weighted by Crippen LogP contribution is -2.36. The van der Waals surface area contributed by atoms with Crippen molar-refractivity contribution in [2.24, 2.45) is 5.92 Å². The third kappa shape index (κ3) is 3.54. The molecule has 2 atom stereocenters. The lowest BCUT2D eigenvalue weighted by Gasteiger charge is -2.27. The molecule has 0 bridgehead atoms. The van der Waals surface area contributed by atoms with Crippen LogP contribution in [0.5, 0.6) is 5.75 Å². The molecule has 0 aliphatic heterocycles. The first kappa shape index (κ1) is 13.9. The summed E-state index contributed by atoms with van der Waals surface area (Å²) in [6.45, 7) is 4.12. The molecule has 110 valence electrons. The van der Waals surface area contributed by atoms with Crippen molar-refractivity contribution in [3.05, 3.63) is 29.3 Å². The Labute approximate surface area is 122 Å². The second kappa shape index (κ2) is 6.62. The van der Waals surface area contributed by atoms with Crippen molar-refractivity contribution in [1.29, 1.82) is 0 Å². The molecule has 1 saturated carbocycles. The van der Waals surface area contributed by atoms with Crippen molar-refractivity contribution in [2.75, 3.05) is 13.2 Å². The zero-order valence-electron chi connectivity index (χ0n) is 12.7. The lowest BCUT2D eigenvalue weighted by atomic mass is 9.87. The quantitative estimate of drug-likeness (QED) is 0.826. The molecule has 2 aliphatic rings. The summed E-state index contributed by atoms with van der Waals surface area (Å²) < 4.78 is 5.89. The van der Waals surface area contributed by atoms with E-state index in [1.54, 1.807) is 0 Å². The van der Waals surface area contributed by atoms with Crippen LogP contribution in [0.25, 0.3) is 0 Å². The van der Waals surface area contributed by atoms with Gasteiger partial charge in [-0.25, -0.2) is 0 Å². The van der Waals surface area contributed by atoms with Crippen LogP contribution in [0.15, 0.2) is 18.2 Å². The molecule has 1 N–H and O–H groups in total. The molecule has 0 heterocycles. The van der Waals surface area contributed by atoms with Crippen LogP contribution in [-0.2, 0) is 12.8 Å². The van der Waals surface area contributed by atoms with Gasteiger partial charge in [-0.15, -0.1) is 0 Å². The summed E-state index contributed by atoms with van der Waals surface area (Å²) in [5.41, 5.74) is 3.02. The average molecular weight is 273 g/mol. The number of hydrogen-bond acceptors (Lipinski definition) is 2. The molecular weight excluding hydrogens is 246 g/mol. The number of fused-ring (bicyclic) bond motifs is 1. The molecule has 2 unspecified atom stereocenters. The van der Waals surface area contributed by atoms with Gasteiger partial charge in [-0.2, -0.15) is 0 Å². The molecule has 2 heteroatoms. The van der Waals surface area contributed by atoms with Gasteiger partial charge in [-0.05, 0) is 61.3 Å². The van der Waals surface area contributed by atoms with Crippen molar-refractivity contribution in [2.45, 2.75) is 57.9 Å². The van der Waals surface area contributed by atoms with E-state index in [2.05, 4.69) is 30.4 Å². The van der Waals surface area contributed by atoms with E-state index in [0.29, 0.717) is 6.04 Å². The van der Waals surface area contributed by atoms with Crippen LogP contribution < -0.4 is 10.1 Å². The van der Waals surface area contributed by atoms with Crippen LogP contribution in [0.4, 0.5) is 0 Å². The predicted octanol–water partition coefficient (Wildman–Crippen LogP) is 3.72. The van der Waals surface area contributed by atoms with Gasteiger partial charge in [0.05, 0.1) is 0 Å². The largest absolute Gasteiger partial charge is 0.492 e. The van der Waals surface area contributed by atoms with Crippen LogP contribution >= 0.6 is 0 Å². The fourth-order valence-corrected chi connectivity index (χ4v) is 3.69. The normalized spacial score (nSPS) is 25.4. The van der Waals surface area contributed by atoms with Crippen molar-refractivity contribution < 1.29 is 4.74 Å². The van der Waals surface area contributed by atoms with Gasteiger partial charge in [-0.3, -0.25) is 0 Å². The Morgan fingerprint density at radius 3 is 2.95 bits per heavy atom. The van der Waals surface area contributed by atoms with E-state index in [0.717, 1.165) is 24.8 Å².